The summed E-state index contributed by atoms with van der Waals surface area (Å²) in [5.74, 6) is 0.0382. The van der Waals surface area contributed by atoms with Crippen molar-refractivity contribution in [3.05, 3.63) is 24.0 Å². The number of anilines is 2. The Bertz CT molecular complexity index is 478. The van der Waals surface area contributed by atoms with E-state index in [1.165, 1.54) is 18.2 Å². The Morgan fingerprint density at radius 3 is 2.74 bits per heavy atom. The van der Waals surface area contributed by atoms with Crippen LogP contribution >= 0.6 is 0 Å². The van der Waals surface area contributed by atoms with Gasteiger partial charge >= 0.3 is 0 Å². The number of hydrogen-bond donors (Lipinski definition) is 2. The Labute approximate surface area is 115 Å². The molecule has 1 aromatic rings. The molecule has 106 valence electrons. The first-order valence-corrected chi connectivity index (χ1v) is 7.57. The smallest absolute Gasteiger partial charge is 0.236 e. The van der Waals surface area contributed by atoms with Crippen molar-refractivity contribution in [1.29, 1.82) is 0 Å². The van der Waals surface area contributed by atoms with Gasteiger partial charge in [-0.3, -0.25) is 9.00 Å². The maximum Gasteiger partial charge on any atom is 0.236 e. The van der Waals surface area contributed by atoms with Crippen molar-refractivity contribution in [1.82, 2.24) is 0 Å². The first kappa shape index (κ1) is 15.6. The second-order valence-electron chi connectivity index (χ2n) is 4.76. The molecular formula is C13H19FN2O2S. The van der Waals surface area contributed by atoms with Gasteiger partial charge in [0, 0.05) is 22.2 Å². The van der Waals surface area contributed by atoms with Gasteiger partial charge in [-0.2, -0.15) is 0 Å². The number of carbonyl (C=O) groups is 1. The Morgan fingerprint density at radius 2 is 2.16 bits per heavy atom. The molecule has 1 aromatic carbocycles. The van der Waals surface area contributed by atoms with Gasteiger partial charge in [-0.05, 0) is 30.5 Å². The van der Waals surface area contributed by atoms with Gasteiger partial charge in [0.15, 0.2) is 0 Å². The van der Waals surface area contributed by atoms with E-state index in [0.717, 1.165) is 6.42 Å². The fraction of sp³-hybridized carbons (Fsp3) is 0.462. The molecule has 0 heterocycles. The van der Waals surface area contributed by atoms with E-state index in [9.17, 15) is 13.4 Å². The van der Waals surface area contributed by atoms with Crippen molar-refractivity contribution in [2.45, 2.75) is 20.3 Å². The minimum atomic E-state index is -1.17. The molecule has 19 heavy (non-hydrogen) atoms. The van der Waals surface area contributed by atoms with E-state index < -0.39 is 16.6 Å². The first-order chi connectivity index (χ1) is 8.88. The molecule has 0 aliphatic heterocycles. The van der Waals surface area contributed by atoms with Crippen molar-refractivity contribution in [3.8, 4) is 0 Å². The molecule has 0 aromatic heterocycles. The number of hydrogen-bond acceptors (Lipinski definition) is 3. The van der Waals surface area contributed by atoms with Gasteiger partial charge in [0.2, 0.25) is 5.91 Å². The highest BCUT2D eigenvalue weighted by Gasteiger charge is 2.10. The number of carbonyl (C=O) groups excluding carboxylic acids is 1. The maximum atomic E-state index is 12.9. The normalized spacial score (nSPS) is 12.4. The molecule has 0 bridgehead atoms. The van der Waals surface area contributed by atoms with Crippen LogP contribution in [0.15, 0.2) is 18.2 Å². The molecule has 1 atom stereocenters. The Balaban J connectivity index is 2.46. The molecule has 0 aliphatic carbocycles. The third kappa shape index (κ3) is 5.83. The molecule has 0 aliphatic rings. The molecule has 1 amide bonds. The molecule has 0 fully saturated rings. The van der Waals surface area contributed by atoms with Crippen LogP contribution in [0.2, 0.25) is 0 Å². The number of halogens is 1. The Morgan fingerprint density at radius 1 is 1.47 bits per heavy atom. The quantitative estimate of drug-likeness (QED) is 0.787. The van der Waals surface area contributed by atoms with E-state index in [2.05, 4.69) is 5.32 Å². The number of amides is 1. The molecule has 0 saturated carbocycles. The predicted octanol–water partition coefficient (Wildman–Crippen LogP) is 2.14. The highest BCUT2D eigenvalue weighted by molar-refractivity contribution is 7.85. The lowest BCUT2D eigenvalue weighted by Gasteiger charge is -2.07. The number of benzene rings is 1. The van der Waals surface area contributed by atoms with E-state index in [1.54, 1.807) is 0 Å². The van der Waals surface area contributed by atoms with Crippen LogP contribution in [0, 0.1) is 11.7 Å². The van der Waals surface area contributed by atoms with E-state index in [0.29, 0.717) is 17.4 Å². The topological polar surface area (TPSA) is 72.2 Å². The minimum Gasteiger partial charge on any atom is -0.396 e. The largest absolute Gasteiger partial charge is 0.396 e. The van der Waals surface area contributed by atoms with Crippen LogP contribution in [0.5, 0.6) is 0 Å². The zero-order valence-corrected chi connectivity index (χ0v) is 11.9. The minimum absolute atomic E-state index is 0.0290. The molecule has 6 heteroatoms. The third-order valence-corrected chi connectivity index (χ3v) is 3.77. The van der Waals surface area contributed by atoms with Crippen LogP contribution < -0.4 is 11.1 Å². The van der Waals surface area contributed by atoms with Crippen molar-refractivity contribution >= 4 is 28.1 Å². The molecular weight excluding hydrogens is 267 g/mol. The van der Waals surface area contributed by atoms with Crippen LogP contribution in [-0.2, 0) is 15.6 Å². The average molecular weight is 286 g/mol. The summed E-state index contributed by atoms with van der Waals surface area (Å²) in [6, 6.07) is 3.94. The summed E-state index contributed by atoms with van der Waals surface area (Å²) in [6.45, 7) is 4.08. The van der Waals surface area contributed by atoms with Crippen molar-refractivity contribution < 1.29 is 13.4 Å². The highest BCUT2D eigenvalue weighted by Crippen LogP contribution is 2.16. The molecule has 0 spiro atoms. The Hall–Kier alpha value is -1.43. The van der Waals surface area contributed by atoms with Gasteiger partial charge in [-0.15, -0.1) is 0 Å². The zero-order chi connectivity index (χ0) is 14.4. The van der Waals surface area contributed by atoms with Crippen LogP contribution in [0.3, 0.4) is 0 Å². The highest BCUT2D eigenvalue weighted by atomic mass is 32.2. The summed E-state index contributed by atoms with van der Waals surface area (Å²) in [6.07, 6.45) is 0.823. The lowest BCUT2D eigenvalue weighted by molar-refractivity contribution is -0.113. The number of rotatable bonds is 6. The second kappa shape index (κ2) is 7.23. The van der Waals surface area contributed by atoms with Crippen LogP contribution in [0.25, 0.3) is 0 Å². The van der Waals surface area contributed by atoms with E-state index in [4.69, 9.17) is 5.73 Å². The SMILES string of the molecule is CC(C)CCS(=O)CC(=O)Nc1ccc(F)c(N)c1. The molecule has 1 unspecified atom stereocenters. The van der Waals surface area contributed by atoms with Crippen molar-refractivity contribution in [3.63, 3.8) is 0 Å². The molecule has 4 nitrogen and oxygen atoms in total. The van der Waals surface area contributed by atoms with E-state index in [1.807, 2.05) is 13.8 Å². The summed E-state index contributed by atoms with van der Waals surface area (Å²) in [4.78, 5) is 11.6. The summed E-state index contributed by atoms with van der Waals surface area (Å²) in [5.41, 5.74) is 5.77. The maximum absolute atomic E-state index is 12.9. The van der Waals surface area contributed by atoms with Crippen LogP contribution in [0.4, 0.5) is 15.8 Å². The van der Waals surface area contributed by atoms with Crippen LogP contribution in [-0.4, -0.2) is 21.6 Å². The second-order valence-corrected chi connectivity index (χ2v) is 6.33. The lowest BCUT2D eigenvalue weighted by atomic mass is 10.2. The molecule has 0 radical (unpaired) electrons. The van der Waals surface area contributed by atoms with Crippen LogP contribution in [0.1, 0.15) is 20.3 Å². The van der Waals surface area contributed by atoms with Gasteiger partial charge in [0.1, 0.15) is 11.6 Å². The first-order valence-electron chi connectivity index (χ1n) is 6.08. The lowest BCUT2D eigenvalue weighted by Crippen LogP contribution is -2.21. The number of nitrogen functional groups attached to an aromatic ring is 1. The molecule has 1 rings (SSSR count). The molecule has 3 N–H and O–H groups in total. The van der Waals surface area contributed by atoms with E-state index >= 15 is 0 Å². The monoisotopic (exact) mass is 286 g/mol. The summed E-state index contributed by atoms with van der Waals surface area (Å²) < 4.78 is 24.6. The fourth-order valence-electron chi connectivity index (χ4n) is 1.40. The van der Waals surface area contributed by atoms with Crippen molar-refractivity contribution in [2.75, 3.05) is 22.6 Å². The summed E-state index contributed by atoms with van der Waals surface area (Å²) in [5, 5.41) is 2.55. The van der Waals surface area contributed by atoms with Gasteiger partial charge in [0.05, 0.1) is 5.69 Å². The average Bonchev–Trinajstić information content (AvgIpc) is 2.31. The standard InChI is InChI=1S/C13H19FN2O2S/c1-9(2)5-6-19(18)8-13(17)16-10-3-4-11(14)12(15)7-10/h3-4,7,9H,5-6,8,15H2,1-2H3,(H,16,17). The van der Waals surface area contributed by atoms with Gasteiger partial charge in [-0.1, -0.05) is 13.8 Å². The number of nitrogens with one attached hydrogen (secondary N) is 1. The summed E-state index contributed by atoms with van der Waals surface area (Å²) >= 11 is 0. The van der Waals surface area contributed by atoms with E-state index in [-0.39, 0.29) is 17.3 Å². The Kier molecular flexibility index (Phi) is 5.95. The number of nitrogens with two attached hydrogens (primary N) is 1. The van der Waals surface area contributed by atoms with Gasteiger partial charge in [0.25, 0.3) is 0 Å². The fourth-order valence-corrected chi connectivity index (χ4v) is 2.65. The van der Waals surface area contributed by atoms with Gasteiger partial charge < -0.3 is 11.1 Å². The van der Waals surface area contributed by atoms with Gasteiger partial charge in [-0.25, -0.2) is 4.39 Å². The predicted molar refractivity (Wildman–Crippen MR) is 76.8 cm³/mol. The molecule has 0 saturated heterocycles. The van der Waals surface area contributed by atoms with Crippen molar-refractivity contribution in [2.24, 2.45) is 5.92 Å². The third-order valence-electron chi connectivity index (χ3n) is 2.49. The zero-order valence-electron chi connectivity index (χ0n) is 11.1. The summed E-state index contributed by atoms with van der Waals surface area (Å²) in [7, 11) is -1.17.